The molecule has 0 saturated heterocycles. The molecule has 4 rings (SSSR count). The number of carbonyl (C=O) groups is 1. The molecule has 9 nitrogen and oxygen atoms in total. The summed E-state index contributed by atoms with van der Waals surface area (Å²) >= 11 is 0. The van der Waals surface area contributed by atoms with Crippen molar-refractivity contribution < 1.29 is 14.5 Å². The smallest absolute Gasteiger partial charge is 0.278 e. The zero-order chi connectivity index (χ0) is 21.8. The number of benzene rings is 3. The van der Waals surface area contributed by atoms with Crippen molar-refractivity contribution in [2.24, 2.45) is 0 Å². The first-order valence-electron chi connectivity index (χ1n) is 9.29. The van der Waals surface area contributed by atoms with E-state index in [2.05, 4.69) is 15.5 Å². The number of hydrogen-bond donors (Lipinski definition) is 1. The number of non-ortho nitro benzene ring substituents is 1. The van der Waals surface area contributed by atoms with Gasteiger partial charge in [0.15, 0.2) is 5.69 Å². The summed E-state index contributed by atoms with van der Waals surface area (Å²) in [5.41, 5.74) is 1.99. The summed E-state index contributed by atoms with van der Waals surface area (Å²) in [6.45, 7) is 0. The minimum absolute atomic E-state index is 0.0563. The Kier molecular flexibility index (Phi) is 5.39. The number of nitro benzene ring substituents is 1. The Morgan fingerprint density at radius 2 is 1.65 bits per heavy atom. The Bertz CT molecular complexity index is 1240. The highest BCUT2D eigenvalue weighted by molar-refractivity contribution is 6.07. The predicted molar refractivity (Wildman–Crippen MR) is 114 cm³/mol. The second-order valence-electron chi connectivity index (χ2n) is 6.48. The molecule has 0 unspecified atom stereocenters. The number of anilines is 1. The fraction of sp³-hybridized carbons (Fsp3) is 0.0455. The van der Waals surface area contributed by atoms with E-state index in [9.17, 15) is 14.9 Å². The number of hydrogen-bond acceptors (Lipinski definition) is 6. The number of ether oxygens (including phenoxy) is 1. The van der Waals surface area contributed by atoms with Gasteiger partial charge in [-0.1, -0.05) is 30.3 Å². The van der Waals surface area contributed by atoms with E-state index >= 15 is 0 Å². The lowest BCUT2D eigenvalue weighted by Crippen LogP contribution is -2.14. The Hall–Kier alpha value is -4.53. The number of carbonyl (C=O) groups excluding carboxylic acids is 1. The summed E-state index contributed by atoms with van der Waals surface area (Å²) in [5, 5.41) is 22.6. The molecule has 0 aliphatic heterocycles. The van der Waals surface area contributed by atoms with Crippen LogP contribution in [0.15, 0.2) is 78.9 Å². The molecule has 1 aromatic heterocycles. The van der Waals surface area contributed by atoms with Crippen molar-refractivity contribution in [1.29, 1.82) is 0 Å². The molecule has 0 fully saturated rings. The van der Waals surface area contributed by atoms with Crippen LogP contribution in [0.5, 0.6) is 5.75 Å². The van der Waals surface area contributed by atoms with Crippen molar-refractivity contribution >= 4 is 17.3 Å². The minimum Gasteiger partial charge on any atom is -0.495 e. The van der Waals surface area contributed by atoms with Gasteiger partial charge in [0.2, 0.25) is 0 Å². The first-order chi connectivity index (χ1) is 15.1. The summed E-state index contributed by atoms with van der Waals surface area (Å²) in [6, 6.07) is 21.9. The van der Waals surface area contributed by atoms with Crippen molar-refractivity contribution in [3.63, 3.8) is 0 Å². The van der Waals surface area contributed by atoms with E-state index in [1.807, 2.05) is 30.3 Å². The average molecular weight is 415 g/mol. The molecule has 154 valence electrons. The molecule has 31 heavy (non-hydrogen) atoms. The maximum absolute atomic E-state index is 13.1. The maximum atomic E-state index is 13.1. The third kappa shape index (κ3) is 4.10. The van der Waals surface area contributed by atoms with Crippen molar-refractivity contribution in [2.45, 2.75) is 0 Å². The lowest BCUT2D eigenvalue weighted by atomic mass is 10.1. The summed E-state index contributed by atoms with van der Waals surface area (Å²) in [4.78, 5) is 24.9. The SMILES string of the molecule is COc1ccccc1NC(=O)c1nn(-c2ccccc2)nc1-c1ccc([N+](=O)[O-])cc1. The summed E-state index contributed by atoms with van der Waals surface area (Å²) in [5.74, 6) is 0.0169. The number of amides is 1. The second-order valence-corrected chi connectivity index (χ2v) is 6.48. The highest BCUT2D eigenvalue weighted by atomic mass is 16.6. The van der Waals surface area contributed by atoms with Crippen LogP contribution in [0.1, 0.15) is 10.5 Å². The van der Waals surface area contributed by atoms with Gasteiger partial charge >= 0.3 is 0 Å². The Labute approximate surface area is 177 Å². The molecule has 4 aromatic rings. The van der Waals surface area contributed by atoms with Crippen molar-refractivity contribution in [1.82, 2.24) is 15.0 Å². The van der Waals surface area contributed by atoms with Crippen LogP contribution in [0.4, 0.5) is 11.4 Å². The van der Waals surface area contributed by atoms with Gasteiger partial charge in [-0.15, -0.1) is 10.2 Å². The molecule has 0 aliphatic carbocycles. The summed E-state index contributed by atoms with van der Waals surface area (Å²) in [6.07, 6.45) is 0. The van der Waals surface area contributed by atoms with Crippen LogP contribution in [-0.2, 0) is 0 Å². The van der Waals surface area contributed by atoms with E-state index in [1.54, 1.807) is 24.3 Å². The van der Waals surface area contributed by atoms with Gasteiger partial charge in [0.05, 0.1) is 23.4 Å². The maximum Gasteiger partial charge on any atom is 0.278 e. The molecule has 0 bridgehead atoms. The zero-order valence-corrected chi connectivity index (χ0v) is 16.4. The topological polar surface area (TPSA) is 112 Å². The highest BCUT2D eigenvalue weighted by Gasteiger charge is 2.22. The van der Waals surface area contributed by atoms with Gasteiger partial charge in [0.25, 0.3) is 11.6 Å². The van der Waals surface area contributed by atoms with Gasteiger partial charge in [-0.25, -0.2) is 0 Å². The highest BCUT2D eigenvalue weighted by Crippen LogP contribution is 2.27. The lowest BCUT2D eigenvalue weighted by Gasteiger charge is -2.09. The van der Waals surface area contributed by atoms with Gasteiger partial charge in [0, 0.05) is 17.7 Å². The van der Waals surface area contributed by atoms with Gasteiger partial charge in [-0.2, -0.15) is 4.80 Å². The molecule has 3 aromatic carbocycles. The molecule has 0 aliphatic rings. The van der Waals surface area contributed by atoms with E-state index < -0.39 is 10.8 Å². The predicted octanol–water partition coefficient (Wildman–Crippen LogP) is 4.10. The number of nitro groups is 1. The number of para-hydroxylation sites is 3. The number of rotatable bonds is 6. The normalized spacial score (nSPS) is 10.5. The fourth-order valence-electron chi connectivity index (χ4n) is 3.00. The van der Waals surface area contributed by atoms with Crippen LogP contribution < -0.4 is 10.1 Å². The fourth-order valence-corrected chi connectivity index (χ4v) is 3.00. The third-order valence-electron chi connectivity index (χ3n) is 4.52. The van der Waals surface area contributed by atoms with Crippen LogP contribution in [0.25, 0.3) is 16.9 Å². The first kappa shape index (κ1) is 19.8. The standard InChI is InChI=1S/C22H17N5O4/c1-31-19-10-6-5-9-18(19)23-22(28)21-20(15-11-13-17(14-12-15)27(29)30)24-26(25-21)16-7-3-2-4-8-16/h2-14H,1H3,(H,23,28). The van der Waals surface area contributed by atoms with Crippen LogP contribution in [0.2, 0.25) is 0 Å². The largest absolute Gasteiger partial charge is 0.495 e. The minimum atomic E-state index is -0.486. The average Bonchev–Trinajstić information content (AvgIpc) is 3.26. The van der Waals surface area contributed by atoms with Crippen molar-refractivity contribution in [3.05, 3.63) is 94.7 Å². The van der Waals surface area contributed by atoms with E-state index in [1.165, 1.54) is 36.2 Å². The molecule has 1 N–H and O–H groups in total. The van der Waals surface area contributed by atoms with Gasteiger partial charge in [0.1, 0.15) is 11.4 Å². The molecule has 0 radical (unpaired) electrons. The van der Waals surface area contributed by atoms with E-state index in [0.29, 0.717) is 28.4 Å². The quantitative estimate of drug-likeness (QED) is 0.375. The van der Waals surface area contributed by atoms with Crippen LogP contribution in [-0.4, -0.2) is 32.9 Å². The van der Waals surface area contributed by atoms with Gasteiger partial charge in [-0.3, -0.25) is 14.9 Å². The van der Waals surface area contributed by atoms with Crippen LogP contribution >= 0.6 is 0 Å². The number of nitrogens with one attached hydrogen (secondary N) is 1. The molecular formula is C22H17N5O4. The molecular weight excluding hydrogens is 398 g/mol. The van der Waals surface area contributed by atoms with Crippen molar-refractivity contribution in [3.8, 4) is 22.7 Å². The summed E-state index contributed by atoms with van der Waals surface area (Å²) in [7, 11) is 1.51. The molecule has 0 saturated carbocycles. The summed E-state index contributed by atoms with van der Waals surface area (Å²) < 4.78 is 5.29. The van der Waals surface area contributed by atoms with E-state index in [4.69, 9.17) is 4.74 Å². The molecule has 1 amide bonds. The van der Waals surface area contributed by atoms with Crippen molar-refractivity contribution in [2.75, 3.05) is 12.4 Å². The Balaban J connectivity index is 1.77. The van der Waals surface area contributed by atoms with Crippen LogP contribution in [0, 0.1) is 10.1 Å². The van der Waals surface area contributed by atoms with Crippen LogP contribution in [0.3, 0.4) is 0 Å². The Morgan fingerprint density at radius 3 is 2.32 bits per heavy atom. The second kappa shape index (κ2) is 8.46. The van der Waals surface area contributed by atoms with E-state index in [0.717, 1.165) is 0 Å². The monoisotopic (exact) mass is 415 g/mol. The number of methoxy groups -OCH3 is 1. The number of aromatic nitrogens is 3. The third-order valence-corrected chi connectivity index (χ3v) is 4.52. The Morgan fingerprint density at radius 1 is 0.968 bits per heavy atom. The molecule has 1 heterocycles. The first-order valence-corrected chi connectivity index (χ1v) is 9.29. The van der Waals surface area contributed by atoms with Gasteiger partial charge < -0.3 is 10.1 Å². The van der Waals surface area contributed by atoms with Gasteiger partial charge in [-0.05, 0) is 36.4 Å². The molecule has 0 spiro atoms. The van der Waals surface area contributed by atoms with E-state index in [-0.39, 0.29) is 11.4 Å². The zero-order valence-electron chi connectivity index (χ0n) is 16.4. The molecule has 9 heteroatoms. The lowest BCUT2D eigenvalue weighted by molar-refractivity contribution is -0.384. The molecule has 0 atom stereocenters. The number of nitrogens with zero attached hydrogens (tertiary/aromatic N) is 4.